The maximum Gasteiger partial charge on any atom is 0.337 e. The van der Waals surface area contributed by atoms with Crippen molar-refractivity contribution in [3.63, 3.8) is 0 Å². The van der Waals surface area contributed by atoms with E-state index in [1.807, 2.05) is 4.90 Å². The number of hydrogen-bond acceptors (Lipinski definition) is 8. The number of nitrogens with one attached hydrogen (secondary N) is 1. The molecule has 1 aliphatic rings. The Kier molecular flexibility index (Phi) is 7.04. The quantitative estimate of drug-likeness (QED) is 0.410. The lowest BCUT2D eigenvalue weighted by atomic mass is 10.0. The lowest BCUT2D eigenvalue weighted by Gasteiger charge is -2.30. The Hall–Kier alpha value is -3.95. The highest BCUT2D eigenvalue weighted by atomic mass is 16.6. The first kappa shape index (κ1) is 22.7. The number of ether oxygens (including phenoxy) is 2. The van der Waals surface area contributed by atoms with Gasteiger partial charge in [0.1, 0.15) is 0 Å². The van der Waals surface area contributed by atoms with Crippen LogP contribution in [-0.4, -0.2) is 50.1 Å². The van der Waals surface area contributed by atoms with E-state index in [9.17, 15) is 24.5 Å². The van der Waals surface area contributed by atoms with Gasteiger partial charge in [0.25, 0.3) is 11.6 Å². The third kappa shape index (κ3) is 5.02. The van der Waals surface area contributed by atoms with Crippen LogP contribution in [0.1, 0.15) is 50.3 Å². The van der Waals surface area contributed by atoms with Crippen molar-refractivity contribution in [2.24, 2.45) is 0 Å². The molecule has 0 unspecified atom stereocenters. The summed E-state index contributed by atoms with van der Waals surface area (Å²) in [5, 5.41) is 13.9. The second-order valence-electron chi connectivity index (χ2n) is 7.24. The van der Waals surface area contributed by atoms with E-state index in [0.29, 0.717) is 5.69 Å². The lowest BCUT2D eigenvalue weighted by molar-refractivity contribution is -0.384. The van der Waals surface area contributed by atoms with Gasteiger partial charge in [-0.25, -0.2) is 9.59 Å². The number of anilines is 2. The van der Waals surface area contributed by atoms with E-state index in [2.05, 4.69) is 5.32 Å². The molecule has 0 aliphatic carbocycles. The molecule has 1 amide bonds. The van der Waals surface area contributed by atoms with Crippen LogP contribution < -0.4 is 10.2 Å². The molecule has 2 aromatic rings. The number of esters is 2. The van der Waals surface area contributed by atoms with Gasteiger partial charge >= 0.3 is 11.9 Å². The Morgan fingerprint density at radius 2 is 1.53 bits per heavy atom. The van der Waals surface area contributed by atoms with Gasteiger partial charge in [0.2, 0.25) is 0 Å². The summed E-state index contributed by atoms with van der Waals surface area (Å²) in [7, 11) is 2.39. The molecule has 1 saturated heterocycles. The average molecular weight is 441 g/mol. The van der Waals surface area contributed by atoms with Crippen molar-refractivity contribution in [1.29, 1.82) is 0 Å². The summed E-state index contributed by atoms with van der Waals surface area (Å²) in [6.07, 6.45) is 3.01. The predicted octanol–water partition coefficient (Wildman–Crippen LogP) is 3.41. The first-order chi connectivity index (χ1) is 15.3. The fourth-order valence-electron chi connectivity index (χ4n) is 3.60. The van der Waals surface area contributed by atoms with Crippen LogP contribution in [-0.2, 0) is 9.47 Å². The Morgan fingerprint density at radius 1 is 0.938 bits per heavy atom. The van der Waals surface area contributed by atoms with E-state index in [-0.39, 0.29) is 28.1 Å². The molecule has 168 valence electrons. The predicted molar refractivity (Wildman–Crippen MR) is 116 cm³/mol. The molecule has 0 aromatic heterocycles. The topological polar surface area (TPSA) is 128 Å². The van der Waals surface area contributed by atoms with Crippen molar-refractivity contribution in [1.82, 2.24) is 0 Å². The number of nitrogens with zero attached hydrogens (tertiary/aromatic N) is 2. The monoisotopic (exact) mass is 441 g/mol. The number of carbonyl (C=O) groups is 3. The maximum atomic E-state index is 13.2. The lowest BCUT2D eigenvalue weighted by Crippen LogP contribution is -2.31. The van der Waals surface area contributed by atoms with Crippen LogP contribution in [0.3, 0.4) is 0 Å². The van der Waals surface area contributed by atoms with Gasteiger partial charge in [0.15, 0.2) is 0 Å². The molecule has 10 nitrogen and oxygen atoms in total. The van der Waals surface area contributed by atoms with Crippen LogP contribution in [0, 0.1) is 10.1 Å². The zero-order valence-corrected chi connectivity index (χ0v) is 17.8. The molecule has 0 saturated carbocycles. The Morgan fingerprint density at radius 3 is 2.06 bits per heavy atom. The van der Waals surface area contributed by atoms with Gasteiger partial charge in [0, 0.05) is 30.9 Å². The zero-order chi connectivity index (χ0) is 23.3. The summed E-state index contributed by atoms with van der Waals surface area (Å²) in [4.78, 5) is 49.9. The highest BCUT2D eigenvalue weighted by Gasteiger charge is 2.23. The van der Waals surface area contributed by atoms with Gasteiger partial charge in [-0.2, -0.15) is 0 Å². The minimum atomic E-state index is -0.699. The average Bonchev–Trinajstić information content (AvgIpc) is 2.82. The van der Waals surface area contributed by atoms with Gasteiger partial charge in [-0.05, 0) is 43.5 Å². The summed E-state index contributed by atoms with van der Waals surface area (Å²) in [6.45, 7) is 1.48. The molecule has 10 heteroatoms. The number of piperidine rings is 1. The molecule has 0 bridgehead atoms. The van der Waals surface area contributed by atoms with Crippen molar-refractivity contribution in [3.8, 4) is 0 Å². The summed E-state index contributed by atoms with van der Waals surface area (Å²) < 4.78 is 9.41. The molecule has 32 heavy (non-hydrogen) atoms. The molecule has 1 fully saturated rings. The summed E-state index contributed by atoms with van der Waals surface area (Å²) in [5.74, 6) is -2.00. The second-order valence-corrected chi connectivity index (χ2v) is 7.24. The molecule has 3 rings (SSSR count). The summed E-state index contributed by atoms with van der Waals surface area (Å²) in [6, 6.07) is 8.17. The van der Waals surface area contributed by atoms with Gasteiger partial charge < -0.3 is 19.7 Å². The largest absolute Gasteiger partial charge is 0.465 e. The van der Waals surface area contributed by atoms with Crippen molar-refractivity contribution < 1.29 is 28.8 Å². The fraction of sp³-hybridized carbons (Fsp3) is 0.318. The highest BCUT2D eigenvalue weighted by Crippen LogP contribution is 2.29. The SMILES string of the molecule is COC(=O)c1cc(NC(=O)c2cc([N+](=O)[O-])ccc2N2CCCCC2)cc(C(=O)OC)c1. The van der Waals surface area contributed by atoms with Crippen molar-refractivity contribution >= 4 is 34.9 Å². The van der Waals surface area contributed by atoms with Gasteiger partial charge in [0.05, 0.1) is 41.5 Å². The number of nitro groups is 1. The zero-order valence-electron chi connectivity index (χ0n) is 17.8. The second kappa shape index (κ2) is 9.90. The normalized spacial score (nSPS) is 13.2. The number of non-ortho nitro benzene ring substituents is 1. The molecule has 0 radical (unpaired) electrons. The van der Waals surface area contributed by atoms with Crippen LogP contribution in [0.5, 0.6) is 0 Å². The van der Waals surface area contributed by atoms with E-state index in [4.69, 9.17) is 9.47 Å². The summed E-state index contributed by atoms with van der Waals surface area (Å²) >= 11 is 0. The Bertz CT molecular complexity index is 1030. The maximum absolute atomic E-state index is 13.2. The van der Waals surface area contributed by atoms with Crippen molar-refractivity contribution in [2.45, 2.75) is 19.3 Å². The van der Waals surface area contributed by atoms with E-state index in [1.165, 1.54) is 44.6 Å². The highest BCUT2D eigenvalue weighted by molar-refractivity contribution is 6.09. The fourth-order valence-corrected chi connectivity index (χ4v) is 3.60. The third-order valence-corrected chi connectivity index (χ3v) is 5.17. The van der Waals surface area contributed by atoms with E-state index < -0.39 is 22.8 Å². The Labute approximate surface area is 184 Å². The minimum Gasteiger partial charge on any atom is -0.465 e. The number of methoxy groups -OCH3 is 2. The number of amides is 1. The van der Waals surface area contributed by atoms with E-state index in [1.54, 1.807) is 6.07 Å². The molecule has 0 atom stereocenters. The number of hydrogen-bond donors (Lipinski definition) is 1. The first-order valence-electron chi connectivity index (χ1n) is 10.0. The molecule has 1 heterocycles. The molecular weight excluding hydrogens is 418 g/mol. The molecule has 2 aromatic carbocycles. The number of rotatable bonds is 6. The number of benzene rings is 2. The smallest absolute Gasteiger partial charge is 0.337 e. The van der Waals surface area contributed by atoms with Crippen molar-refractivity contribution in [2.75, 3.05) is 37.5 Å². The third-order valence-electron chi connectivity index (χ3n) is 5.17. The molecule has 1 aliphatic heterocycles. The standard InChI is InChI=1S/C22H23N3O7/c1-31-21(27)14-10-15(22(28)32-2)12-16(11-14)23-20(26)18-13-17(25(29)30)6-7-19(18)24-8-4-3-5-9-24/h6-7,10-13H,3-5,8-9H2,1-2H3,(H,23,26). The summed E-state index contributed by atoms with van der Waals surface area (Å²) in [5.41, 5.74) is 0.736. The van der Waals surface area contributed by atoms with Gasteiger partial charge in [-0.1, -0.05) is 0 Å². The van der Waals surface area contributed by atoms with E-state index in [0.717, 1.165) is 32.4 Å². The van der Waals surface area contributed by atoms with Crippen LogP contribution in [0.25, 0.3) is 0 Å². The first-order valence-corrected chi connectivity index (χ1v) is 10.0. The molecule has 1 N–H and O–H groups in total. The van der Waals surface area contributed by atoms with E-state index >= 15 is 0 Å². The molecular formula is C22H23N3O7. The number of nitro benzene ring substituents is 1. The van der Waals surface area contributed by atoms with Crippen molar-refractivity contribution in [3.05, 3.63) is 63.2 Å². The van der Waals surface area contributed by atoms with Gasteiger partial charge in [-0.3, -0.25) is 14.9 Å². The number of carbonyl (C=O) groups excluding carboxylic acids is 3. The van der Waals surface area contributed by atoms with Crippen LogP contribution in [0.2, 0.25) is 0 Å². The van der Waals surface area contributed by atoms with Gasteiger partial charge in [-0.15, -0.1) is 0 Å². The molecule has 0 spiro atoms. The Balaban J connectivity index is 2.00. The minimum absolute atomic E-state index is 0.0426. The van der Waals surface area contributed by atoms with Crippen LogP contribution in [0.15, 0.2) is 36.4 Å². The van der Waals surface area contributed by atoms with Crippen LogP contribution in [0.4, 0.5) is 17.1 Å². The van der Waals surface area contributed by atoms with Crippen LogP contribution >= 0.6 is 0 Å².